The van der Waals surface area contributed by atoms with Crippen LogP contribution >= 0.6 is 0 Å². The molecule has 0 spiro atoms. The van der Waals surface area contributed by atoms with Crippen LogP contribution in [0.1, 0.15) is 101 Å². The molecule has 0 aliphatic heterocycles. The predicted molar refractivity (Wildman–Crippen MR) is 133 cm³/mol. The van der Waals surface area contributed by atoms with Crippen molar-refractivity contribution in [3.8, 4) is 5.75 Å². The van der Waals surface area contributed by atoms with Crippen molar-refractivity contribution in [1.82, 2.24) is 4.90 Å². The molecule has 1 aromatic carbocycles. The number of carbonyl (C=O) groups is 2. The van der Waals surface area contributed by atoms with Gasteiger partial charge in [-0.2, -0.15) is 0 Å². The molecule has 5 heteroatoms. The Labute approximate surface area is 199 Å². The fourth-order valence-corrected chi connectivity index (χ4v) is 4.02. The molecule has 0 bridgehead atoms. The Morgan fingerprint density at radius 1 is 1.03 bits per heavy atom. The van der Waals surface area contributed by atoms with E-state index in [1.54, 1.807) is 20.2 Å². The average molecular weight is 456 g/mol. The molecule has 1 unspecified atom stereocenters. The highest BCUT2D eigenvalue weighted by atomic mass is 16.5. The molecule has 33 heavy (non-hydrogen) atoms. The van der Waals surface area contributed by atoms with E-state index in [0.29, 0.717) is 5.76 Å². The van der Waals surface area contributed by atoms with Crippen LogP contribution in [-0.2, 0) is 10.2 Å². The SMILES string of the molecule is CCC(C)c1cc(C(CC)(CC)c2ccc(C(=O)N(C)C)o2)ccc1OCC(=O)C(C)(C)C. The fraction of sp³-hybridized carbons (Fsp3) is 0.571. The molecule has 5 nitrogen and oxygen atoms in total. The van der Waals surface area contributed by atoms with Crippen LogP contribution in [0.5, 0.6) is 5.75 Å². The molecule has 0 N–H and O–H groups in total. The summed E-state index contributed by atoms with van der Waals surface area (Å²) in [5, 5.41) is 0. The molecular weight excluding hydrogens is 414 g/mol. The van der Waals surface area contributed by atoms with Crippen LogP contribution in [0.3, 0.4) is 0 Å². The van der Waals surface area contributed by atoms with Crippen molar-refractivity contribution in [2.24, 2.45) is 5.41 Å². The minimum absolute atomic E-state index is 0.0627. The summed E-state index contributed by atoms with van der Waals surface area (Å²) >= 11 is 0. The van der Waals surface area contributed by atoms with E-state index in [-0.39, 0.29) is 29.6 Å². The summed E-state index contributed by atoms with van der Waals surface area (Å²) in [6.07, 6.45) is 2.62. The van der Waals surface area contributed by atoms with Gasteiger partial charge in [0.1, 0.15) is 18.1 Å². The summed E-state index contributed by atoms with van der Waals surface area (Å²) in [5.74, 6) is 2.11. The van der Waals surface area contributed by atoms with Gasteiger partial charge in [0.05, 0.1) is 5.41 Å². The van der Waals surface area contributed by atoms with Crippen LogP contribution in [0.2, 0.25) is 0 Å². The molecular formula is C28H41NO4. The standard InChI is InChI=1S/C28H41NO4/c1-10-19(4)21-17-20(13-14-22(21)32-18-24(30)27(5,6)7)28(11-2,12-3)25-16-15-23(33-25)26(31)29(8)9/h13-17,19H,10-12,18H2,1-9H3. The summed E-state index contributed by atoms with van der Waals surface area (Å²) in [6, 6.07) is 9.96. The van der Waals surface area contributed by atoms with Crippen LogP contribution in [0.4, 0.5) is 0 Å². The lowest BCUT2D eigenvalue weighted by atomic mass is 9.73. The second-order valence-electron chi connectivity index (χ2n) is 10.2. The van der Waals surface area contributed by atoms with E-state index in [4.69, 9.17) is 9.15 Å². The van der Waals surface area contributed by atoms with Crippen molar-refractivity contribution in [2.75, 3.05) is 20.7 Å². The van der Waals surface area contributed by atoms with Crippen molar-refractivity contribution in [3.63, 3.8) is 0 Å². The van der Waals surface area contributed by atoms with Gasteiger partial charge in [-0.15, -0.1) is 0 Å². The number of hydrogen-bond acceptors (Lipinski definition) is 4. The van der Waals surface area contributed by atoms with Crippen molar-refractivity contribution in [3.05, 3.63) is 53.0 Å². The molecule has 1 aromatic heterocycles. The Hall–Kier alpha value is -2.56. The summed E-state index contributed by atoms with van der Waals surface area (Å²) in [6.45, 7) is 14.4. The highest BCUT2D eigenvalue weighted by molar-refractivity contribution is 5.91. The molecule has 0 saturated carbocycles. The monoisotopic (exact) mass is 455 g/mol. The number of rotatable bonds is 10. The second-order valence-corrected chi connectivity index (χ2v) is 10.2. The maximum Gasteiger partial charge on any atom is 0.289 e. The first-order chi connectivity index (χ1) is 15.4. The Bertz CT molecular complexity index is 961. The number of ketones is 1. The zero-order valence-corrected chi connectivity index (χ0v) is 21.9. The van der Waals surface area contributed by atoms with Gasteiger partial charge in [0.25, 0.3) is 5.91 Å². The molecule has 0 aliphatic rings. The van der Waals surface area contributed by atoms with Gasteiger partial charge in [-0.25, -0.2) is 0 Å². The normalized spacial score (nSPS) is 13.0. The van der Waals surface area contributed by atoms with Crippen LogP contribution in [0, 0.1) is 5.41 Å². The number of ether oxygens (including phenoxy) is 1. The topological polar surface area (TPSA) is 59.8 Å². The van der Waals surface area contributed by atoms with Crippen molar-refractivity contribution in [1.29, 1.82) is 0 Å². The van der Waals surface area contributed by atoms with E-state index >= 15 is 0 Å². The number of furan rings is 1. The molecule has 1 atom stereocenters. The van der Waals surface area contributed by atoms with Crippen molar-refractivity contribution in [2.45, 2.75) is 79.1 Å². The van der Waals surface area contributed by atoms with Crippen LogP contribution in [0.25, 0.3) is 0 Å². The summed E-state index contributed by atoms with van der Waals surface area (Å²) in [5.41, 5.74) is 1.44. The van der Waals surface area contributed by atoms with Gasteiger partial charge < -0.3 is 14.1 Å². The average Bonchev–Trinajstić information content (AvgIpc) is 3.27. The van der Waals surface area contributed by atoms with Crippen molar-refractivity contribution >= 4 is 11.7 Å². The van der Waals surface area contributed by atoms with Gasteiger partial charge in [-0.3, -0.25) is 9.59 Å². The van der Waals surface area contributed by atoms with E-state index in [1.165, 1.54) is 4.90 Å². The van der Waals surface area contributed by atoms with E-state index < -0.39 is 5.41 Å². The maximum atomic E-state index is 12.4. The number of carbonyl (C=O) groups excluding carboxylic acids is 2. The first-order valence-corrected chi connectivity index (χ1v) is 12.0. The Balaban J connectivity index is 2.51. The van der Waals surface area contributed by atoms with E-state index in [2.05, 4.69) is 39.8 Å². The third kappa shape index (κ3) is 5.69. The number of hydrogen-bond donors (Lipinski definition) is 0. The molecule has 1 amide bonds. The zero-order chi connectivity index (χ0) is 25.0. The van der Waals surface area contributed by atoms with Gasteiger partial charge >= 0.3 is 0 Å². The molecule has 0 radical (unpaired) electrons. The first kappa shape index (κ1) is 26.7. The van der Waals surface area contributed by atoms with Gasteiger partial charge in [0.2, 0.25) is 0 Å². The van der Waals surface area contributed by atoms with E-state index in [9.17, 15) is 9.59 Å². The maximum absolute atomic E-state index is 12.4. The molecule has 0 fully saturated rings. The first-order valence-electron chi connectivity index (χ1n) is 12.0. The van der Waals surface area contributed by atoms with Gasteiger partial charge in [0.15, 0.2) is 11.5 Å². The molecule has 2 rings (SSSR count). The highest BCUT2D eigenvalue weighted by Gasteiger charge is 2.35. The van der Waals surface area contributed by atoms with E-state index in [0.717, 1.165) is 41.9 Å². The molecule has 0 saturated heterocycles. The number of nitrogens with zero attached hydrogens (tertiary/aromatic N) is 1. The Morgan fingerprint density at radius 3 is 2.18 bits per heavy atom. The molecule has 1 heterocycles. The quantitative estimate of drug-likeness (QED) is 0.405. The van der Waals surface area contributed by atoms with Crippen LogP contribution in [-0.4, -0.2) is 37.3 Å². The lowest BCUT2D eigenvalue weighted by Gasteiger charge is -2.32. The Kier molecular flexibility index (Phi) is 8.56. The summed E-state index contributed by atoms with van der Waals surface area (Å²) < 4.78 is 12.1. The van der Waals surface area contributed by atoms with E-state index in [1.807, 2.05) is 32.9 Å². The van der Waals surface area contributed by atoms with Crippen molar-refractivity contribution < 1.29 is 18.7 Å². The van der Waals surface area contributed by atoms with Crippen LogP contribution in [0.15, 0.2) is 34.7 Å². The molecule has 2 aromatic rings. The lowest BCUT2D eigenvalue weighted by Crippen LogP contribution is -2.27. The highest BCUT2D eigenvalue weighted by Crippen LogP contribution is 2.42. The zero-order valence-electron chi connectivity index (χ0n) is 21.9. The fourth-order valence-electron chi connectivity index (χ4n) is 4.02. The van der Waals surface area contributed by atoms with Gasteiger partial charge in [-0.1, -0.05) is 60.6 Å². The minimum atomic E-state index is -0.433. The lowest BCUT2D eigenvalue weighted by molar-refractivity contribution is -0.128. The predicted octanol–water partition coefficient (Wildman–Crippen LogP) is 6.60. The van der Waals surface area contributed by atoms with Crippen LogP contribution < -0.4 is 4.74 Å². The second kappa shape index (κ2) is 10.6. The number of benzene rings is 1. The third-order valence-corrected chi connectivity index (χ3v) is 6.80. The minimum Gasteiger partial charge on any atom is -0.486 e. The third-order valence-electron chi connectivity index (χ3n) is 6.80. The number of amides is 1. The largest absolute Gasteiger partial charge is 0.486 e. The van der Waals surface area contributed by atoms with Gasteiger partial charge in [-0.05, 0) is 54.5 Å². The molecule has 182 valence electrons. The smallest absolute Gasteiger partial charge is 0.289 e. The summed E-state index contributed by atoms with van der Waals surface area (Å²) in [4.78, 5) is 26.4. The summed E-state index contributed by atoms with van der Waals surface area (Å²) in [7, 11) is 3.44. The van der Waals surface area contributed by atoms with Gasteiger partial charge in [0, 0.05) is 19.5 Å². The Morgan fingerprint density at radius 2 is 1.67 bits per heavy atom. The molecule has 0 aliphatic carbocycles. The number of Topliss-reactive ketones (excluding diaryl/α,β-unsaturated/α-hetero) is 1.